The first-order chi connectivity index (χ1) is 11.5. The highest BCUT2D eigenvalue weighted by molar-refractivity contribution is 9.10. The van der Waals surface area contributed by atoms with Gasteiger partial charge in [0.05, 0.1) is 6.04 Å². The molecule has 4 nitrogen and oxygen atoms in total. The van der Waals surface area contributed by atoms with Crippen molar-refractivity contribution in [1.82, 2.24) is 10.6 Å². The van der Waals surface area contributed by atoms with Gasteiger partial charge in [-0.15, -0.1) is 0 Å². The second-order valence-electron chi connectivity index (χ2n) is 5.09. The molecule has 2 rings (SSSR count). The van der Waals surface area contributed by atoms with Gasteiger partial charge in [-0.25, -0.2) is 4.79 Å². The molecule has 7 heteroatoms. The van der Waals surface area contributed by atoms with Crippen molar-refractivity contribution < 1.29 is 18.3 Å². The van der Waals surface area contributed by atoms with Crippen molar-refractivity contribution >= 4 is 22.0 Å². The van der Waals surface area contributed by atoms with Crippen LogP contribution < -0.4 is 15.4 Å². The summed E-state index contributed by atoms with van der Waals surface area (Å²) >= 11 is 3.45. The number of carbonyl (C=O) groups excluding carboxylic acids is 1. The molecule has 2 aromatic carbocycles. The van der Waals surface area contributed by atoms with E-state index in [9.17, 15) is 13.6 Å². The molecule has 0 fully saturated rings. The maximum absolute atomic E-state index is 12.1. The van der Waals surface area contributed by atoms with Gasteiger partial charge in [-0.2, -0.15) is 8.78 Å². The quantitative estimate of drug-likeness (QED) is 0.746. The lowest BCUT2D eigenvalue weighted by atomic mass is 10.1. The summed E-state index contributed by atoms with van der Waals surface area (Å²) in [4.78, 5) is 12.0. The average Bonchev–Trinajstić information content (AvgIpc) is 2.54. The number of amides is 2. The van der Waals surface area contributed by atoms with E-state index < -0.39 is 6.61 Å². The van der Waals surface area contributed by atoms with Crippen molar-refractivity contribution in [2.45, 2.75) is 26.1 Å². The predicted molar refractivity (Wildman–Crippen MR) is 91.0 cm³/mol. The highest BCUT2D eigenvalue weighted by Gasteiger charge is 2.11. The Balaban J connectivity index is 1.83. The zero-order chi connectivity index (χ0) is 17.5. The molecule has 1 atom stereocenters. The third kappa shape index (κ3) is 5.49. The van der Waals surface area contributed by atoms with E-state index in [0.717, 1.165) is 15.6 Å². The fraction of sp³-hybridized carbons (Fsp3) is 0.235. The summed E-state index contributed by atoms with van der Waals surface area (Å²) in [5.41, 5.74) is 1.75. The molecule has 2 amide bonds. The Kier molecular flexibility index (Phi) is 6.54. The van der Waals surface area contributed by atoms with Crippen molar-refractivity contribution in [3.8, 4) is 5.75 Å². The van der Waals surface area contributed by atoms with E-state index in [2.05, 4.69) is 31.3 Å². The Labute approximate surface area is 147 Å². The van der Waals surface area contributed by atoms with Crippen LogP contribution in [0.1, 0.15) is 24.1 Å². The standard InChI is InChI=1S/C17H17BrF2N2O2/c1-11(14-4-2-3-5-15(14)18)22-17(23)21-10-12-6-8-13(9-7-12)24-16(19)20/h2-9,11,16H,10H2,1H3,(H2,21,22,23). The van der Waals surface area contributed by atoms with Crippen LogP contribution in [0.3, 0.4) is 0 Å². The van der Waals surface area contributed by atoms with Gasteiger partial charge in [0.2, 0.25) is 0 Å². The minimum atomic E-state index is -2.85. The fourth-order valence-corrected chi connectivity index (χ4v) is 2.75. The number of benzene rings is 2. The van der Waals surface area contributed by atoms with Gasteiger partial charge in [0, 0.05) is 11.0 Å². The number of ether oxygens (including phenoxy) is 1. The number of rotatable bonds is 6. The molecule has 0 aromatic heterocycles. The van der Waals surface area contributed by atoms with Crippen molar-refractivity contribution in [1.29, 1.82) is 0 Å². The molecule has 0 aliphatic heterocycles. The number of hydrogen-bond acceptors (Lipinski definition) is 2. The van der Waals surface area contributed by atoms with Gasteiger partial charge in [0.15, 0.2) is 0 Å². The van der Waals surface area contributed by atoms with Crippen molar-refractivity contribution in [2.75, 3.05) is 0 Å². The zero-order valence-corrected chi connectivity index (χ0v) is 14.5. The largest absolute Gasteiger partial charge is 0.435 e. The van der Waals surface area contributed by atoms with E-state index >= 15 is 0 Å². The van der Waals surface area contributed by atoms with Crippen molar-refractivity contribution in [2.24, 2.45) is 0 Å². The lowest BCUT2D eigenvalue weighted by Gasteiger charge is -2.16. The van der Waals surface area contributed by atoms with Gasteiger partial charge < -0.3 is 15.4 Å². The van der Waals surface area contributed by atoms with Crippen LogP contribution in [-0.4, -0.2) is 12.6 Å². The third-order valence-electron chi connectivity index (χ3n) is 3.32. The SMILES string of the molecule is CC(NC(=O)NCc1ccc(OC(F)F)cc1)c1ccccc1Br. The summed E-state index contributed by atoms with van der Waals surface area (Å²) in [6.45, 7) is -0.682. The summed E-state index contributed by atoms with van der Waals surface area (Å²) in [7, 11) is 0. The molecule has 1 unspecified atom stereocenters. The normalized spacial score (nSPS) is 11.9. The summed E-state index contributed by atoms with van der Waals surface area (Å²) in [5.74, 6) is 0.0840. The molecule has 0 saturated heterocycles. The molecule has 2 N–H and O–H groups in total. The van der Waals surface area contributed by atoms with Gasteiger partial charge in [0.25, 0.3) is 0 Å². The van der Waals surface area contributed by atoms with E-state index in [-0.39, 0.29) is 24.4 Å². The van der Waals surface area contributed by atoms with E-state index in [0.29, 0.717) is 0 Å². The fourth-order valence-electron chi connectivity index (χ4n) is 2.12. The minimum Gasteiger partial charge on any atom is -0.435 e. The van der Waals surface area contributed by atoms with Gasteiger partial charge in [-0.3, -0.25) is 0 Å². The van der Waals surface area contributed by atoms with Crippen molar-refractivity contribution in [3.05, 3.63) is 64.1 Å². The van der Waals surface area contributed by atoms with Gasteiger partial charge in [-0.05, 0) is 36.2 Å². The highest BCUT2D eigenvalue weighted by atomic mass is 79.9. The maximum Gasteiger partial charge on any atom is 0.387 e. The average molecular weight is 399 g/mol. The van der Waals surface area contributed by atoms with Gasteiger partial charge >= 0.3 is 12.6 Å². The third-order valence-corrected chi connectivity index (χ3v) is 4.04. The molecule has 128 valence electrons. The first-order valence-corrected chi connectivity index (χ1v) is 8.07. The first kappa shape index (κ1) is 18.2. The molecule has 0 aliphatic rings. The smallest absolute Gasteiger partial charge is 0.387 e. The van der Waals surface area contributed by atoms with Gasteiger partial charge in [0.1, 0.15) is 5.75 Å². The number of halogens is 3. The van der Waals surface area contributed by atoms with Crippen LogP contribution in [0, 0.1) is 0 Å². The molecule has 0 radical (unpaired) electrons. The summed E-state index contributed by atoms with van der Waals surface area (Å²) in [5, 5.41) is 5.57. The molecule has 0 saturated carbocycles. The van der Waals surface area contributed by atoms with Crippen LogP contribution >= 0.6 is 15.9 Å². The minimum absolute atomic E-state index is 0.0840. The molecule has 0 bridgehead atoms. The van der Waals surface area contributed by atoms with E-state index in [1.807, 2.05) is 31.2 Å². The van der Waals surface area contributed by atoms with E-state index in [1.165, 1.54) is 12.1 Å². The number of hydrogen-bond donors (Lipinski definition) is 2. The lowest BCUT2D eigenvalue weighted by Crippen LogP contribution is -2.36. The van der Waals surface area contributed by atoms with E-state index in [1.54, 1.807) is 12.1 Å². The first-order valence-electron chi connectivity index (χ1n) is 7.28. The molecular weight excluding hydrogens is 382 g/mol. The zero-order valence-electron chi connectivity index (χ0n) is 12.9. The lowest BCUT2D eigenvalue weighted by molar-refractivity contribution is -0.0498. The van der Waals surface area contributed by atoms with Crippen LogP contribution in [0.25, 0.3) is 0 Å². The monoisotopic (exact) mass is 398 g/mol. The van der Waals surface area contributed by atoms with Crippen LogP contribution in [0.5, 0.6) is 5.75 Å². The second-order valence-corrected chi connectivity index (χ2v) is 5.95. The molecule has 24 heavy (non-hydrogen) atoms. The molecule has 0 heterocycles. The summed E-state index contributed by atoms with van der Waals surface area (Å²) in [6.07, 6.45) is 0. The van der Waals surface area contributed by atoms with Crippen LogP contribution in [-0.2, 0) is 6.54 Å². The van der Waals surface area contributed by atoms with Crippen molar-refractivity contribution in [3.63, 3.8) is 0 Å². The van der Waals surface area contributed by atoms with Crippen LogP contribution in [0.4, 0.5) is 13.6 Å². The van der Waals surface area contributed by atoms with Crippen LogP contribution in [0.2, 0.25) is 0 Å². The molecule has 2 aromatic rings. The molecular formula is C17H17BrF2N2O2. The highest BCUT2D eigenvalue weighted by Crippen LogP contribution is 2.22. The Hall–Kier alpha value is -2.15. The summed E-state index contributed by atoms with van der Waals surface area (Å²) in [6, 6.07) is 13.3. The Morgan fingerprint density at radius 3 is 2.46 bits per heavy atom. The maximum atomic E-state index is 12.1. The number of carbonyl (C=O) groups is 1. The topological polar surface area (TPSA) is 50.4 Å². The second kappa shape index (κ2) is 8.63. The number of nitrogens with one attached hydrogen (secondary N) is 2. The summed E-state index contributed by atoms with van der Waals surface area (Å²) < 4.78 is 29.3. The Bertz CT molecular complexity index is 681. The Morgan fingerprint density at radius 1 is 1.17 bits per heavy atom. The predicted octanol–water partition coefficient (Wildman–Crippen LogP) is 4.61. The number of urea groups is 1. The number of alkyl halides is 2. The Morgan fingerprint density at radius 2 is 1.83 bits per heavy atom. The molecule has 0 aliphatic carbocycles. The molecule has 0 spiro atoms. The van der Waals surface area contributed by atoms with Crippen LogP contribution in [0.15, 0.2) is 53.0 Å². The van der Waals surface area contributed by atoms with Gasteiger partial charge in [-0.1, -0.05) is 46.3 Å². The van der Waals surface area contributed by atoms with E-state index in [4.69, 9.17) is 0 Å².